The minimum absolute atomic E-state index is 0.774. The summed E-state index contributed by atoms with van der Waals surface area (Å²) < 4.78 is 12.6. The van der Waals surface area contributed by atoms with Crippen molar-refractivity contribution < 1.29 is 8.85 Å². The number of hydrogen-bond donors (Lipinski definition) is 0. The zero-order valence-corrected chi connectivity index (χ0v) is 12.0. The van der Waals surface area contributed by atoms with Crippen molar-refractivity contribution in [3.8, 4) is 5.75 Å². The van der Waals surface area contributed by atoms with Crippen LogP contribution in [-0.4, -0.2) is 15.2 Å². The molecule has 0 radical (unpaired) electrons. The highest BCUT2D eigenvalue weighted by molar-refractivity contribution is 9.10. The second kappa shape index (κ2) is 5.68. The van der Waals surface area contributed by atoms with E-state index in [-0.39, 0.29) is 0 Å². The summed E-state index contributed by atoms with van der Waals surface area (Å²) in [7, 11) is -2.00. The lowest BCUT2D eigenvalue weighted by atomic mass is 10.3. The normalized spacial score (nSPS) is 11.5. The lowest BCUT2D eigenvalue weighted by Gasteiger charge is -2.23. The van der Waals surface area contributed by atoms with Gasteiger partial charge in [-0.25, -0.2) is 0 Å². The molecule has 0 amide bonds. The van der Waals surface area contributed by atoms with Gasteiger partial charge in [-0.1, -0.05) is 22.9 Å². The summed E-state index contributed by atoms with van der Waals surface area (Å²) in [5.74, 6) is 0.881. The zero-order valence-electron chi connectivity index (χ0n) is 9.42. The van der Waals surface area contributed by atoms with Crippen LogP contribution in [0.15, 0.2) is 28.7 Å². The van der Waals surface area contributed by atoms with Gasteiger partial charge in [-0.2, -0.15) is 0 Å². The van der Waals surface area contributed by atoms with Crippen LogP contribution in [0.25, 0.3) is 0 Å². The van der Waals surface area contributed by atoms with Gasteiger partial charge < -0.3 is 8.85 Å². The third-order valence-corrected chi connectivity index (χ3v) is 3.99. The molecule has 15 heavy (non-hydrogen) atoms. The fourth-order valence-electron chi connectivity index (χ4n) is 1.16. The van der Waals surface area contributed by atoms with Gasteiger partial charge in [0.15, 0.2) is 0 Å². The first-order valence-corrected chi connectivity index (χ1v) is 8.73. The largest absolute Gasteiger partial charge is 0.520 e. The standard InChI is InChI=1S/C11H17BrO2Si/c1-4-9-13-15(2,3)14-11-7-5-10(12)6-8-11/h5-8H,4,9H2,1-3H3. The number of halogens is 1. The Morgan fingerprint density at radius 3 is 2.33 bits per heavy atom. The van der Waals surface area contributed by atoms with E-state index in [0.29, 0.717) is 0 Å². The summed E-state index contributed by atoms with van der Waals surface area (Å²) in [5, 5.41) is 0. The fourth-order valence-corrected chi connectivity index (χ4v) is 2.89. The molecule has 0 aromatic heterocycles. The molecule has 0 aliphatic carbocycles. The van der Waals surface area contributed by atoms with Crippen molar-refractivity contribution in [2.45, 2.75) is 26.4 Å². The van der Waals surface area contributed by atoms with Crippen molar-refractivity contribution in [3.05, 3.63) is 28.7 Å². The van der Waals surface area contributed by atoms with Crippen LogP contribution in [0.1, 0.15) is 13.3 Å². The van der Waals surface area contributed by atoms with Gasteiger partial charge >= 0.3 is 8.56 Å². The van der Waals surface area contributed by atoms with E-state index >= 15 is 0 Å². The van der Waals surface area contributed by atoms with Crippen LogP contribution in [-0.2, 0) is 4.43 Å². The predicted octanol–water partition coefficient (Wildman–Crippen LogP) is 3.96. The van der Waals surface area contributed by atoms with Crippen molar-refractivity contribution >= 4 is 24.5 Å². The van der Waals surface area contributed by atoms with Gasteiger partial charge in [0.25, 0.3) is 0 Å². The Hall–Kier alpha value is -0.323. The maximum absolute atomic E-state index is 5.85. The minimum Gasteiger partial charge on any atom is -0.520 e. The number of rotatable bonds is 5. The van der Waals surface area contributed by atoms with E-state index in [9.17, 15) is 0 Å². The summed E-state index contributed by atoms with van der Waals surface area (Å²) in [6.07, 6.45) is 1.03. The van der Waals surface area contributed by atoms with Crippen molar-refractivity contribution in [2.75, 3.05) is 6.61 Å². The molecule has 2 nitrogen and oxygen atoms in total. The van der Waals surface area contributed by atoms with Crippen LogP contribution in [0.3, 0.4) is 0 Å². The third kappa shape index (κ3) is 4.82. The van der Waals surface area contributed by atoms with Gasteiger partial charge in [-0.3, -0.25) is 0 Å². The molecule has 0 aliphatic heterocycles. The Bertz CT molecular complexity index is 298. The fraction of sp³-hybridized carbons (Fsp3) is 0.455. The van der Waals surface area contributed by atoms with Gasteiger partial charge in [0.05, 0.1) is 0 Å². The molecule has 0 fully saturated rings. The second-order valence-corrected chi connectivity index (χ2v) is 8.01. The van der Waals surface area contributed by atoms with E-state index in [1.807, 2.05) is 24.3 Å². The average Bonchev–Trinajstić information content (AvgIpc) is 2.18. The molecular weight excluding hydrogens is 272 g/mol. The maximum Gasteiger partial charge on any atom is 0.392 e. The molecule has 0 saturated heterocycles. The van der Waals surface area contributed by atoms with Gasteiger partial charge in [-0.15, -0.1) is 0 Å². The van der Waals surface area contributed by atoms with Gasteiger partial charge in [-0.05, 0) is 43.8 Å². The van der Waals surface area contributed by atoms with Crippen LogP contribution >= 0.6 is 15.9 Å². The lowest BCUT2D eigenvalue weighted by molar-refractivity contribution is 0.248. The molecule has 0 saturated carbocycles. The smallest absolute Gasteiger partial charge is 0.392 e. The highest BCUT2D eigenvalue weighted by Gasteiger charge is 2.26. The van der Waals surface area contributed by atoms with E-state index in [2.05, 4.69) is 35.9 Å². The van der Waals surface area contributed by atoms with Crippen molar-refractivity contribution in [3.63, 3.8) is 0 Å². The van der Waals surface area contributed by atoms with Crippen LogP contribution in [0.4, 0.5) is 0 Å². The molecule has 1 aromatic carbocycles. The van der Waals surface area contributed by atoms with Crippen molar-refractivity contribution in [2.24, 2.45) is 0 Å². The first kappa shape index (κ1) is 12.7. The highest BCUT2D eigenvalue weighted by Crippen LogP contribution is 2.20. The molecule has 0 N–H and O–H groups in total. The molecule has 0 spiro atoms. The van der Waals surface area contributed by atoms with E-state index in [0.717, 1.165) is 23.2 Å². The van der Waals surface area contributed by atoms with Gasteiger partial charge in [0.1, 0.15) is 5.75 Å². The molecular formula is C11H17BrO2Si. The molecule has 1 aromatic rings. The van der Waals surface area contributed by atoms with Crippen molar-refractivity contribution in [1.29, 1.82) is 0 Å². The Morgan fingerprint density at radius 2 is 1.80 bits per heavy atom. The molecule has 0 aliphatic rings. The summed E-state index contributed by atoms with van der Waals surface area (Å²) >= 11 is 3.39. The van der Waals surface area contributed by atoms with Crippen molar-refractivity contribution in [1.82, 2.24) is 0 Å². The lowest BCUT2D eigenvalue weighted by Crippen LogP contribution is -2.38. The molecule has 84 valence electrons. The summed E-state index contributed by atoms with van der Waals surface area (Å²) in [6.45, 7) is 7.00. The molecule has 0 atom stereocenters. The first-order valence-electron chi connectivity index (χ1n) is 5.12. The molecule has 1 rings (SSSR count). The Morgan fingerprint density at radius 1 is 1.20 bits per heavy atom. The van der Waals surface area contributed by atoms with Gasteiger partial charge in [0.2, 0.25) is 0 Å². The Labute approximate surface area is 101 Å². The van der Waals surface area contributed by atoms with E-state index in [1.165, 1.54) is 0 Å². The Balaban J connectivity index is 2.56. The predicted molar refractivity (Wildman–Crippen MR) is 68.5 cm³/mol. The first-order chi connectivity index (χ1) is 7.03. The number of benzene rings is 1. The molecule has 0 heterocycles. The van der Waals surface area contributed by atoms with E-state index in [4.69, 9.17) is 8.85 Å². The highest BCUT2D eigenvalue weighted by atomic mass is 79.9. The SMILES string of the molecule is CCCO[Si](C)(C)Oc1ccc(Br)cc1. The topological polar surface area (TPSA) is 18.5 Å². The third-order valence-electron chi connectivity index (χ3n) is 1.83. The summed E-state index contributed by atoms with van der Waals surface area (Å²) in [5.41, 5.74) is 0. The maximum atomic E-state index is 5.85. The number of hydrogen-bond acceptors (Lipinski definition) is 2. The molecule has 0 unspecified atom stereocenters. The van der Waals surface area contributed by atoms with Crippen LogP contribution in [0.5, 0.6) is 5.75 Å². The quantitative estimate of drug-likeness (QED) is 0.764. The Kier molecular flexibility index (Phi) is 4.82. The van der Waals surface area contributed by atoms with Crippen LogP contribution in [0.2, 0.25) is 13.1 Å². The minimum atomic E-state index is -2.00. The van der Waals surface area contributed by atoms with Crippen LogP contribution in [0, 0.1) is 0 Å². The molecule has 4 heteroatoms. The van der Waals surface area contributed by atoms with E-state index < -0.39 is 8.56 Å². The van der Waals surface area contributed by atoms with E-state index in [1.54, 1.807) is 0 Å². The summed E-state index contributed by atoms with van der Waals surface area (Å²) in [6, 6.07) is 7.85. The molecule has 0 bridgehead atoms. The summed E-state index contributed by atoms with van der Waals surface area (Å²) in [4.78, 5) is 0. The zero-order chi connectivity index (χ0) is 11.3. The van der Waals surface area contributed by atoms with Crippen LogP contribution < -0.4 is 4.43 Å². The average molecular weight is 289 g/mol. The monoisotopic (exact) mass is 288 g/mol. The second-order valence-electron chi connectivity index (χ2n) is 3.80. The van der Waals surface area contributed by atoms with Gasteiger partial charge in [0, 0.05) is 11.1 Å².